The molecule has 2 aromatic rings. The summed E-state index contributed by atoms with van der Waals surface area (Å²) in [5.74, 6) is -3.20. The van der Waals surface area contributed by atoms with E-state index in [-0.39, 0.29) is 11.1 Å². The molecule has 0 bridgehead atoms. The minimum absolute atomic E-state index is 0.100. The van der Waals surface area contributed by atoms with Gasteiger partial charge in [0.1, 0.15) is 0 Å². The van der Waals surface area contributed by atoms with Crippen LogP contribution in [0.4, 0.5) is 13.2 Å². The zero-order chi connectivity index (χ0) is 12.6. The van der Waals surface area contributed by atoms with Gasteiger partial charge in [0.25, 0.3) is 0 Å². The number of nitrogens with zero attached hydrogens (tertiary/aromatic N) is 1. The molecule has 1 heterocycles. The molecule has 0 aliphatic heterocycles. The largest absolute Gasteiger partial charge is 0.345 e. The van der Waals surface area contributed by atoms with Crippen molar-refractivity contribution in [2.75, 3.05) is 0 Å². The fourth-order valence-corrected chi connectivity index (χ4v) is 1.41. The molecule has 88 valence electrons. The summed E-state index contributed by atoms with van der Waals surface area (Å²) in [7, 11) is 0. The van der Waals surface area contributed by atoms with Crippen molar-refractivity contribution in [2.24, 2.45) is 0 Å². The van der Waals surface area contributed by atoms with Gasteiger partial charge in [-0.3, -0.25) is 0 Å². The van der Waals surface area contributed by atoms with Crippen molar-refractivity contribution in [3.05, 3.63) is 51.8 Å². The lowest BCUT2D eigenvalue weighted by atomic mass is 10.1. The van der Waals surface area contributed by atoms with Crippen LogP contribution in [0.3, 0.4) is 0 Å². The van der Waals surface area contributed by atoms with E-state index in [4.69, 9.17) is 0 Å². The molecule has 6 heteroatoms. The topological polar surface area (TPSA) is 45.8 Å². The predicted molar refractivity (Wildman–Crippen MR) is 54.9 cm³/mol. The van der Waals surface area contributed by atoms with Crippen LogP contribution in [0, 0.1) is 24.4 Å². The van der Waals surface area contributed by atoms with Crippen molar-refractivity contribution in [3.63, 3.8) is 0 Å². The van der Waals surface area contributed by atoms with E-state index in [9.17, 15) is 18.0 Å². The highest BCUT2D eigenvalue weighted by Crippen LogP contribution is 2.25. The predicted octanol–water partition coefficient (Wildman–Crippen LogP) is 2.16. The zero-order valence-electron chi connectivity index (χ0n) is 8.72. The van der Waals surface area contributed by atoms with Gasteiger partial charge in [-0.1, -0.05) is 6.07 Å². The Hall–Kier alpha value is -2.11. The molecule has 1 aromatic heterocycles. The zero-order valence-corrected chi connectivity index (χ0v) is 8.72. The van der Waals surface area contributed by atoms with Crippen LogP contribution >= 0.6 is 0 Å². The lowest BCUT2D eigenvalue weighted by molar-refractivity contribution is 0.504. The second-order valence-electron chi connectivity index (χ2n) is 3.47. The first kappa shape index (κ1) is 11.4. The molecule has 0 saturated carbocycles. The number of rotatable bonds is 1. The second kappa shape index (κ2) is 4.04. The number of hydrogen-bond acceptors (Lipinski definition) is 2. The highest BCUT2D eigenvalue weighted by molar-refractivity contribution is 5.60. The van der Waals surface area contributed by atoms with Gasteiger partial charge in [0, 0.05) is 5.56 Å². The van der Waals surface area contributed by atoms with Crippen molar-refractivity contribution >= 4 is 0 Å². The Morgan fingerprint density at radius 2 is 1.88 bits per heavy atom. The van der Waals surface area contributed by atoms with E-state index in [1.807, 2.05) is 4.98 Å². The van der Waals surface area contributed by atoms with Gasteiger partial charge in [-0.15, -0.1) is 0 Å². The Kier molecular flexibility index (Phi) is 2.71. The fraction of sp³-hybridized carbons (Fsp3) is 0.0909. The van der Waals surface area contributed by atoms with E-state index in [2.05, 4.69) is 4.98 Å². The normalized spacial score (nSPS) is 10.6. The number of nitrogens with one attached hydrogen (secondary N) is 1. The summed E-state index contributed by atoms with van der Waals surface area (Å²) in [4.78, 5) is 16.1. The molecule has 17 heavy (non-hydrogen) atoms. The molecule has 0 radical (unpaired) electrons. The van der Waals surface area contributed by atoms with Crippen molar-refractivity contribution in [3.8, 4) is 11.3 Å². The Labute approximate surface area is 94.0 Å². The first-order valence-corrected chi connectivity index (χ1v) is 4.70. The summed E-state index contributed by atoms with van der Waals surface area (Å²) in [6.45, 7) is 1.38. The number of hydrogen-bond donors (Lipinski definition) is 1. The van der Waals surface area contributed by atoms with Gasteiger partial charge in [0.15, 0.2) is 17.5 Å². The average Bonchev–Trinajstić information content (AvgIpc) is 2.30. The Balaban J connectivity index is 2.73. The monoisotopic (exact) mass is 240 g/mol. The van der Waals surface area contributed by atoms with Gasteiger partial charge in [-0.2, -0.15) is 4.98 Å². The molecule has 0 amide bonds. The van der Waals surface area contributed by atoms with Crippen LogP contribution in [0.15, 0.2) is 23.1 Å². The molecule has 0 spiro atoms. The van der Waals surface area contributed by atoms with Gasteiger partial charge >= 0.3 is 5.69 Å². The maximum atomic E-state index is 13.6. The van der Waals surface area contributed by atoms with Crippen molar-refractivity contribution in [1.29, 1.82) is 0 Å². The van der Waals surface area contributed by atoms with Gasteiger partial charge in [-0.05, 0) is 18.6 Å². The van der Waals surface area contributed by atoms with Crippen molar-refractivity contribution in [2.45, 2.75) is 6.92 Å². The molecule has 0 saturated heterocycles. The Morgan fingerprint density at radius 1 is 1.18 bits per heavy atom. The minimum Gasteiger partial charge on any atom is -0.303 e. The number of aryl methyl sites for hydroxylation is 1. The van der Waals surface area contributed by atoms with E-state index in [1.165, 1.54) is 19.1 Å². The van der Waals surface area contributed by atoms with Gasteiger partial charge < -0.3 is 4.98 Å². The summed E-state index contributed by atoms with van der Waals surface area (Å²) in [6, 6.07) is 2.49. The molecule has 2 rings (SSSR count). The smallest absolute Gasteiger partial charge is 0.303 e. The molecule has 0 aliphatic rings. The van der Waals surface area contributed by atoms with Crippen LogP contribution in [0.25, 0.3) is 11.3 Å². The molecule has 0 fully saturated rings. The van der Waals surface area contributed by atoms with E-state index in [1.54, 1.807) is 0 Å². The first-order valence-electron chi connectivity index (χ1n) is 4.70. The van der Waals surface area contributed by atoms with E-state index in [0.717, 1.165) is 0 Å². The third kappa shape index (κ3) is 1.93. The molecule has 0 aliphatic carbocycles. The maximum absolute atomic E-state index is 13.6. The Morgan fingerprint density at radius 3 is 2.59 bits per heavy atom. The molecule has 1 aromatic carbocycles. The van der Waals surface area contributed by atoms with Crippen molar-refractivity contribution in [1.82, 2.24) is 9.97 Å². The third-order valence-electron chi connectivity index (χ3n) is 2.31. The highest BCUT2D eigenvalue weighted by Gasteiger charge is 2.16. The SMILES string of the molecule is Cc1ccc(-c2[nH]c(=O)ncc2F)c(F)c1F. The lowest BCUT2D eigenvalue weighted by Crippen LogP contribution is -2.12. The number of aromatic amines is 1. The van der Waals surface area contributed by atoms with E-state index in [0.29, 0.717) is 6.20 Å². The number of halogens is 3. The van der Waals surface area contributed by atoms with Crippen LogP contribution in [0.1, 0.15) is 5.56 Å². The van der Waals surface area contributed by atoms with E-state index >= 15 is 0 Å². The summed E-state index contributed by atoms with van der Waals surface area (Å²) in [5, 5.41) is 0. The Bertz CT molecular complexity index is 637. The van der Waals surface area contributed by atoms with Crippen LogP contribution in [-0.4, -0.2) is 9.97 Å². The van der Waals surface area contributed by atoms with Crippen LogP contribution in [-0.2, 0) is 0 Å². The molecule has 0 atom stereocenters. The minimum atomic E-state index is -1.20. The average molecular weight is 240 g/mol. The van der Waals surface area contributed by atoms with Crippen LogP contribution in [0.2, 0.25) is 0 Å². The van der Waals surface area contributed by atoms with Gasteiger partial charge in [0.2, 0.25) is 0 Å². The fourth-order valence-electron chi connectivity index (χ4n) is 1.41. The molecular weight excluding hydrogens is 233 g/mol. The number of aromatic nitrogens is 2. The molecule has 3 nitrogen and oxygen atoms in total. The highest BCUT2D eigenvalue weighted by atomic mass is 19.2. The molecule has 0 unspecified atom stereocenters. The number of benzene rings is 1. The molecular formula is C11H7F3N2O. The van der Waals surface area contributed by atoms with Crippen LogP contribution in [0.5, 0.6) is 0 Å². The van der Waals surface area contributed by atoms with Gasteiger partial charge in [0.05, 0.1) is 11.9 Å². The van der Waals surface area contributed by atoms with Crippen LogP contribution < -0.4 is 5.69 Å². The third-order valence-corrected chi connectivity index (χ3v) is 2.31. The second-order valence-corrected chi connectivity index (χ2v) is 3.47. The standard InChI is InChI=1S/C11H7F3N2O/c1-5-2-3-6(9(14)8(5)13)10-7(12)4-15-11(17)16-10/h2-4H,1H3,(H,15,16,17). The molecule has 1 N–H and O–H groups in total. The first-order chi connectivity index (χ1) is 8.00. The summed E-state index contributed by atoms with van der Waals surface area (Å²) >= 11 is 0. The van der Waals surface area contributed by atoms with Gasteiger partial charge in [-0.25, -0.2) is 18.0 Å². The van der Waals surface area contributed by atoms with Crippen molar-refractivity contribution < 1.29 is 13.2 Å². The summed E-state index contributed by atoms with van der Waals surface area (Å²) in [6.07, 6.45) is 0.658. The van der Waals surface area contributed by atoms with E-state index < -0.39 is 28.8 Å². The lowest BCUT2D eigenvalue weighted by Gasteiger charge is -2.06. The summed E-state index contributed by atoms with van der Waals surface area (Å²) in [5.41, 5.74) is -1.49. The summed E-state index contributed by atoms with van der Waals surface area (Å²) < 4.78 is 40.2. The number of H-pyrrole nitrogens is 1. The maximum Gasteiger partial charge on any atom is 0.345 e. The quantitative estimate of drug-likeness (QED) is 0.830.